The topological polar surface area (TPSA) is 57.6 Å². The minimum absolute atomic E-state index is 0.0756. The second-order valence-electron chi connectivity index (χ2n) is 4.31. The van der Waals surface area contributed by atoms with Crippen LogP contribution in [-0.2, 0) is 9.59 Å². The molecule has 1 aromatic heterocycles. The molecular weight excluding hydrogens is 238 g/mol. The number of hydrogen-bond donors (Lipinski definition) is 1. The lowest BCUT2D eigenvalue weighted by atomic mass is 10.0. The van der Waals surface area contributed by atoms with Crippen LogP contribution in [-0.4, -0.2) is 34.5 Å². The molecule has 1 aliphatic rings. The van der Waals surface area contributed by atoms with Gasteiger partial charge in [-0.05, 0) is 42.2 Å². The minimum atomic E-state index is -0.895. The zero-order valence-electron chi connectivity index (χ0n) is 9.63. The van der Waals surface area contributed by atoms with Gasteiger partial charge in [0.1, 0.15) is 6.04 Å². The number of aliphatic carboxylic acids is 1. The van der Waals surface area contributed by atoms with Crippen molar-refractivity contribution in [3.63, 3.8) is 0 Å². The van der Waals surface area contributed by atoms with Gasteiger partial charge in [-0.3, -0.25) is 4.79 Å². The van der Waals surface area contributed by atoms with Crippen LogP contribution in [0.15, 0.2) is 16.8 Å². The summed E-state index contributed by atoms with van der Waals surface area (Å²) in [6.45, 7) is 2.39. The van der Waals surface area contributed by atoms with Gasteiger partial charge in [-0.1, -0.05) is 0 Å². The molecule has 2 atom stereocenters. The highest BCUT2D eigenvalue weighted by Gasteiger charge is 2.36. The first-order valence-electron chi connectivity index (χ1n) is 5.66. The zero-order chi connectivity index (χ0) is 12.4. The third kappa shape index (κ3) is 2.34. The van der Waals surface area contributed by atoms with Crippen molar-refractivity contribution >= 4 is 23.2 Å². The standard InChI is InChI=1S/C12H15NO3S/c1-8(9-4-6-17-7-9)11(14)13-5-2-3-10(13)12(15)16/h4,6-8,10H,2-3,5H2,1H3,(H,15,16)/t8?,10-/m0/s1. The van der Waals surface area contributed by atoms with Crippen LogP contribution in [0.4, 0.5) is 0 Å². The van der Waals surface area contributed by atoms with E-state index in [1.54, 1.807) is 11.3 Å². The molecule has 92 valence electrons. The van der Waals surface area contributed by atoms with Crippen LogP contribution in [0.1, 0.15) is 31.2 Å². The Bertz CT molecular complexity index is 415. The summed E-state index contributed by atoms with van der Waals surface area (Å²) in [6, 6.07) is 1.28. The number of amides is 1. The van der Waals surface area contributed by atoms with Gasteiger partial charge in [0.05, 0.1) is 5.92 Å². The van der Waals surface area contributed by atoms with E-state index in [0.29, 0.717) is 13.0 Å². The number of carboxylic acids is 1. The maximum atomic E-state index is 12.2. The van der Waals surface area contributed by atoms with Crippen LogP contribution < -0.4 is 0 Å². The van der Waals surface area contributed by atoms with E-state index in [1.807, 2.05) is 23.8 Å². The normalized spacial score (nSPS) is 21.5. The van der Waals surface area contributed by atoms with Crippen molar-refractivity contribution in [2.75, 3.05) is 6.54 Å². The summed E-state index contributed by atoms with van der Waals surface area (Å²) in [5.41, 5.74) is 0.969. The van der Waals surface area contributed by atoms with Crippen LogP contribution in [0.3, 0.4) is 0 Å². The van der Waals surface area contributed by atoms with E-state index in [1.165, 1.54) is 4.90 Å². The third-order valence-corrected chi connectivity index (χ3v) is 3.94. The number of carboxylic acid groups (broad SMARTS) is 1. The summed E-state index contributed by atoms with van der Waals surface area (Å²) < 4.78 is 0. The predicted molar refractivity (Wildman–Crippen MR) is 65.1 cm³/mol. The Labute approximate surface area is 104 Å². The summed E-state index contributed by atoms with van der Waals surface area (Å²) in [5, 5.41) is 12.9. The van der Waals surface area contributed by atoms with Crippen molar-refractivity contribution in [1.82, 2.24) is 4.90 Å². The van der Waals surface area contributed by atoms with Gasteiger partial charge in [0.15, 0.2) is 0 Å². The van der Waals surface area contributed by atoms with Crippen molar-refractivity contribution in [3.8, 4) is 0 Å². The number of rotatable bonds is 3. The molecule has 1 fully saturated rings. The first-order chi connectivity index (χ1) is 8.11. The third-order valence-electron chi connectivity index (χ3n) is 3.23. The van der Waals surface area contributed by atoms with E-state index in [4.69, 9.17) is 5.11 Å². The lowest BCUT2D eigenvalue weighted by Crippen LogP contribution is -2.42. The molecule has 5 heteroatoms. The molecule has 0 spiro atoms. The van der Waals surface area contributed by atoms with Crippen molar-refractivity contribution in [1.29, 1.82) is 0 Å². The number of likely N-dealkylation sites (tertiary alicyclic amines) is 1. The first-order valence-corrected chi connectivity index (χ1v) is 6.61. The molecule has 1 aliphatic heterocycles. The van der Waals surface area contributed by atoms with Gasteiger partial charge in [0.25, 0.3) is 0 Å². The zero-order valence-corrected chi connectivity index (χ0v) is 10.4. The highest BCUT2D eigenvalue weighted by Crippen LogP contribution is 2.25. The van der Waals surface area contributed by atoms with Crippen molar-refractivity contribution < 1.29 is 14.7 Å². The number of carbonyl (C=O) groups excluding carboxylic acids is 1. The van der Waals surface area contributed by atoms with Crippen LogP contribution in [0.25, 0.3) is 0 Å². The lowest BCUT2D eigenvalue weighted by molar-refractivity contribution is -0.148. The second kappa shape index (κ2) is 4.87. The fraction of sp³-hybridized carbons (Fsp3) is 0.500. The van der Waals surface area contributed by atoms with Crippen LogP contribution in [0, 0.1) is 0 Å². The number of thiophene rings is 1. The molecule has 0 bridgehead atoms. The highest BCUT2D eigenvalue weighted by atomic mass is 32.1. The Morgan fingerprint density at radius 2 is 2.35 bits per heavy atom. The molecular formula is C12H15NO3S. The minimum Gasteiger partial charge on any atom is -0.480 e. The van der Waals surface area contributed by atoms with E-state index >= 15 is 0 Å². The monoisotopic (exact) mass is 253 g/mol. The maximum absolute atomic E-state index is 12.2. The Hall–Kier alpha value is -1.36. The summed E-state index contributed by atoms with van der Waals surface area (Å²) in [6.07, 6.45) is 1.34. The van der Waals surface area contributed by atoms with E-state index in [2.05, 4.69) is 0 Å². The largest absolute Gasteiger partial charge is 0.480 e. The van der Waals surface area contributed by atoms with E-state index in [9.17, 15) is 9.59 Å². The summed E-state index contributed by atoms with van der Waals surface area (Å²) in [5.74, 6) is -1.22. The SMILES string of the molecule is CC(C(=O)N1CCC[C@H]1C(=O)O)c1ccsc1. The molecule has 17 heavy (non-hydrogen) atoms. The molecule has 1 unspecified atom stereocenters. The predicted octanol–water partition coefficient (Wildman–Crippen LogP) is 1.93. The molecule has 1 amide bonds. The fourth-order valence-corrected chi connectivity index (χ4v) is 2.95. The molecule has 0 radical (unpaired) electrons. The number of nitrogens with zero attached hydrogens (tertiary/aromatic N) is 1. The van der Waals surface area contributed by atoms with Crippen molar-refractivity contribution in [3.05, 3.63) is 22.4 Å². The van der Waals surface area contributed by atoms with E-state index < -0.39 is 12.0 Å². The Morgan fingerprint density at radius 1 is 1.59 bits per heavy atom. The van der Waals surface area contributed by atoms with Crippen molar-refractivity contribution in [2.45, 2.75) is 31.7 Å². The Balaban J connectivity index is 2.12. The highest BCUT2D eigenvalue weighted by molar-refractivity contribution is 7.08. The first kappa shape index (κ1) is 12.1. The van der Waals surface area contributed by atoms with Gasteiger partial charge >= 0.3 is 5.97 Å². The van der Waals surface area contributed by atoms with Crippen LogP contribution >= 0.6 is 11.3 Å². The lowest BCUT2D eigenvalue weighted by Gasteiger charge is -2.24. The quantitative estimate of drug-likeness (QED) is 0.895. The van der Waals surface area contributed by atoms with Gasteiger partial charge in [0, 0.05) is 6.54 Å². The fourth-order valence-electron chi connectivity index (χ4n) is 2.20. The van der Waals surface area contributed by atoms with Gasteiger partial charge in [-0.2, -0.15) is 11.3 Å². The molecule has 0 saturated carbocycles. The Morgan fingerprint density at radius 3 is 2.94 bits per heavy atom. The van der Waals surface area contributed by atoms with Gasteiger partial charge in [-0.15, -0.1) is 0 Å². The van der Waals surface area contributed by atoms with Crippen LogP contribution in [0.2, 0.25) is 0 Å². The van der Waals surface area contributed by atoms with Gasteiger partial charge < -0.3 is 10.0 Å². The average Bonchev–Trinajstić information content (AvgIpc) is 2.97. The second-order valence-corrected chi connectivity index (χ2v) is 5.09. The number of carbonyl (C=O) groups is 2. The summed E-state index contributed by atoms with van der Waals surface area (Å²) in [4.78, 5) is 24.8. The molecule has 1 aromatic rings. The number of hydrogen-bond acceptors (Lipinski definition) is 3. The van der Waals surface area contributed by atoms with Crippen LogP contribution in [0.5, 0.6) is 0 Å². The molecule has 4 nitrogen and oxygen atoms in total. The summed E-state index contributed by atoms with van der Waals surface area (Å²) in [7, 11) is 0. The molecule has 0 aliphatic carbocycles. The van der Waals surface area contributed by atoms with Gasteiger partial charge in [0.2, 0.25) is 5.91 Å². The molecule has 1 N–H and O–H groups in total. The molecule has 2 heterocycles. The van der Waals surface area contributed by atoms with E-state index in [-0.39, 0.29) is 11.8 Å². The molecule has 2 rings (SSSR count). The van der Waals surface area contributed by atoms with Crippen molar-refractivity contribution in [2.24, 2.45) is 0 Å². The average molecular weight is 253 g/mol. The Kier molecular flexibility index (Phi) is 3.47. The van der Waals surface area contributed by atoms with E-state index in [0.717, 1.165) is 12.0 Å². The molecule has 1 saturated heterocycles. The smallest absolute Gasteiger partial charge is 0.326 e. The maximum Gasteiger partial charge on any atom is 0.326 e. The molecule has 0 aromatic carbocycles. The van der Waals surface area contributed by atoms with Gasteiger partial charge in [-0.25, -0.2) is 4.79 Å². The summed E-state index contributed by atoms with van der Waals surface area (Å²) >= 11 is 1.55.